The van der Waals surface area contributed by atoms with Gasteiger partial charge in [0, 0.05) is 17.5 Å². The third-order valence-electron chi connectivity index (χ3n) is 5.75. The molecule has 1 aromatic heterocycles. The van der Waals surface area contributed by atoms with Crippen molar-refractivity contribution < 1.29 is 9.00 Å². The number of amides is 1. The van der Waals surface area contributed by atoms with E-state index in [0.29, 0.717) is 23.1 Å². The van der Waals surface area contributed by atoms with Crippen molar-refractivity contribution in [3.63, 3.8) is 0 Å². The molecule has 0 bridgehead atoms. The van der Waals surface area contributed by atoms with Crippen LogP contribution < -0.4 is 5.32 Å². The lowest BCUT2D eigenvalue weighted by atomic mass is 9.94. The fourth-order valence-electron chi connectivity index (χ4n) is 4.52. The van der Waals surface area contributed by atoms with Gasteiger partial charge in [0.15, 0.2) is 0 Å². The average Bonchev–Trinajstić information content (AvgIpc) is 3.28. The summed E-state index contributed by atoms with van der Waals surface area (Å²) in [5, 5.41) is 7.85. The summed E-state index contributed by atoms with van der Waals surface area (Å²) in [4.78, 5) is 12.5. The van der Waals surface area contributed by atoms with Gasteiger partial charge in [-0.1, -0.05) is 12.8 Å². The molecule has 2 aliphatic heterocycles. The number of aromatic nitrogens is 2. The molecule has 2 atom stereocenters. The van der Waals surface area contributed by atoms with Crippen molar-refractivity contribution in [3.05, 3.63) is 18.0 Å². The summed E-state index contributed by atoms with van der Waals surface area (Å²) in [7, 11) is -2.46. The predicted molar refractivity (Wildman–Crippen MR) is 93.6 cm³/mol. The van der Waals surface area contributed by atoms with Gasteiger partial charge < -0.3 is 5.32 Å². The Hall–Kier alpha value is -1.21. The summed E-state index contributed by atoms with van der Waals surface area (Å²) >= 11 is 0. The molecule has 0 radical (unpaired) electrons. The Morgan fingerprint density at radius 3 is 2.83 bits per heavy atom. The fraction of sp³-hybridized carbons (Fsp3) is 0.765. The van der Waals surface area contributed by atoms with Crippen LogP contribution in [-0.2, 0) is 9.73 Å². The lowest BCUT2D eigenvalue weighted by molar-refractivity contribution is 0.100. The minimum Gasteiger partial charge on any atom is -0.310 e. The van der Waals surface area contributed by atoms with Crippen LogP contribution in [0.4, 0.5) is 0 Å². The molecule has 1 spiro atoms. The second-order valence-electron chi connectivity index (χ2n) is 7.58. The molecule has 1 N–H and O–H groups in total. The minimum absolute atomic E-state index is 0.0485. The predicted octanol–water partition coefficient (Wildman–Crippen LogP) is 2.52. The minimum atomic E-state index is -2.46. The molecule has 1 aromatic rings. The summed E-state index contributed by atoms with van der Waals surface area (Å²) in [5.74, 6) is 0.695. The van der Waals surface area contributed by atoms with Crippen molar-refractivity contribution >= 4 is 15.6 Å². The molecular formula is C17H26N4O2S. The lowest BCUT2D eigenvalue weighted by Gasteiger charge is -2.35. The first-order chi connectivity index (χ1) is 11.6. The highest BCUT2D eigenvalue weighted by atomic mass is 32.2. The Morgan fingerprint density at radius 2 is 2.08 bits per heavy atom. The maximum absolute atomic E-state index is 13.2. The zero-order chi connectivity index (χ0) is 16.6. The van der Waals surface area contributed by atoms with Crippen LogP contribution in [0.5, 0.6) is 0 Å². The quantitative estimate of drug-likeness (QED) is 0.889. The number of carbonyl (C=O) groups is 1. The van der Waals surface area contributed by atoms with Crippen LogP contribution in [0.2, 0.25) is 0 Å². The van der Waals surface area contributed by atoms with Gasteiger partial charge in [-0.05, 0) is 45.1 Å². The third kappa shape index (κ3) is 3.16. The smallest absolute Gasteiger partial charge is 0.288 e. The Labute approximate surface area is 143 Å². The number of nitrogens with zero attached hydrogens (tertiary/aromatic N) is 3. The molecule has 6 nitrogen and oxygen atoms in total. The van der Waals surface area contributed by atoms with Gasteiger partial charge in [-0.15, -0.1) is 0 Å². The molecule has 7 heteroatoms. The highest BCUT2D eigenvalue weighted by Gasteiger charge is 2.40. The fourth-order valence-corrected chi connectivity index (χ4v) is 7.07. The summed E-state index contributed by atoms with van der Waals surface area (Å²) < 4.78 is 19.2. The molecule has 24 heavy (non-hydrogen) atoms. The number of rotatable bonds is 2. The molecule has 1 amide bonds. The SMILES string of the molecule is O=C(N=S1(=O)CCCC2(CCCN2)C1)c1cnn(C2CCCC2)c1. The molecule has 132 valence electrons. The van der Waals surface area contributed by atoms with Crippen LogP contribution in [0.3, 0.4) is 0 Å². The Kier molecular flexibility index (Phi) is 4.24. The van der Waals surface area contributed by atoms with Crippen molar-refractivity contribution in [1.29, 1.82) is 0 Å². The van der Waals surface area contributed by atoms with Gasteiger partial charge in [0.25, 0.3) is 5.91 Å². The topological polar surface area (TPSA) is 76.3 Å². The Balaban J connectivity index is 1.53. The molecule has 2 unspecified atom stereocenters. The normalized spacial score (nSPS) is 34.0. The molecule has 3 aliphatic rings. The molecule has 4 rings (SSSR count). The summed E-state index contributed by atoms with van der Waals surface area (Å²) in [6.45, 7) is 0.984. The van der Waals surface area contributed by atoms with Crippen LogP contribution in [0.25, 0.3) is 0 Å². The standard InChI is InChI=1S/C17H26N4O2S/c22-16(14-11-19-21(12-14)15-5-1-2-6-15)20-24(23)10-4-8-17(13-24)7-3-9-18-17/h11-12,15,18H,1-10,13H2. The third-order valence-corrected chi connectivity index (χ3v) is 8.18. The Bertz CT molecular complexity index is 736. The first-order valence-corrected chi connectivity index (χ1v) is 11.0. The summed E-state index contributed by atoms with van der Waals surface area (Å²) in [6.07, 6.45) is 12.2. The zero-order valence-electron chi connectivity index (χ0n) is 14.1. The zero-order valence-corrected chi connectivity index (χ0v) is 14.9. The van der Waals surface area contributed by atoms with Gasteiger partial charge >= 0.3 is 0 Å². The van der Waals surface area contributed by atoms with Crippen LogP contribution in [0.15, 0.2) is 16.8 Å². The number of nitrogens with one attached hydrogen (secondary N) is 1. The van der Waals surface area contributed by atoms with Gasteiger partial charge in [-0.25, -0.2) is 4.21 Å². The van der Waals surface area contributed by atoms with Crippen LogP contribution in [0.1, 0.15) is 67.8 Å². The van der Waals surface area contributed by atoms with E-state index in [-0.39, 0.29) is 11.4 Å². The number of hydrogen-bond acceptors (Lipinski definition) is 4. The van der Waals surface area contributed by atoms with Crippen LogP contribution >= 0.6 is 0 Å². The van der Waals surface area contributed by atoms with E-state index in [1.807, 2.05) is 4.68 Å². The van der Waals surface area contributed by atoms with E-state index < -0.39 is 9.73 Å². The largest absolute Gasteiger partial charge is 0.310 e. The highest BCUT2D eigenvalue weighted by Crippen LogP contribution is 2.32. The van der Waals surface area contributed by atoms with E-state index in [1.54, 1.807) is 12.4 Å². The van der Waals surface area contributed by atoms with Crippen molar-refractivity contribution in [1.82, 2.24) is 15.1 Å². The first-order valence-electron chi connectivity index (χ1n) is 9.14. The maximum atomic E-state index is 13.2. The second-order valence-corrected chi connectivity index (χ2v) is 10.0. The van der Waals surface area contributed by atoms with Crippen molar-refractivity contribution in [3.8, 4) is 0 Å². The van der Waals surface area contributed by atoms with Crippen molar-refractivity contribution in [2.45, 2.75) is 62.9 Å². The molecule has 1 saturated carbocycles. The van der Waals surface area contributed by atoms with E-state index in [0.717, 1.165) is 45.1 Å². The Morgan fingerprint density at radius 1 is 1.29 bits per heavy atom. The average molecular weight is 350 g/mol. The van der Waals surface area contributed by atoms with Crippen LogP contribution in [0, 0.1) is 0 Å². The summed E-state index contributed by atoms with van der Waals surface area (Å²) in [5.41, 5.74) is 0.427. The summed E-state index contributed by atoms with van der Waals surface area (Å²) in [6, 6.07) is 0.403. The molecule has 2 saturated heterocycles. The molecule has 1 aliphatic carbocycles. The highest BCUT2D eigenvalue weighted by molar-refractivity contribution is 7.94. The van der Waals surface area contributed by atoms with Crippen LogP contribution in [-0.4, -0.2) is 43.5 Å². The van der Waals surface area contributed by atoms with Crippen molar-refractivity contribution in [2.24, 2.45) is 4.36 Å². The first kappa shape index (κ1) is 16.3. The van der Waals surface area contributed by atoms with Gasteiger partial charge in [-0.3, -0.25) is 9.48 Å². The monoisotopic (exact) mass is 350 g/mol. The van der Waals surface area contributed by atoms with Gasteiger partial charge in [-0.2, -0.15) is 9.46 Å². The molecule has 3 heterocycles. The van der Waals surface area contributed by atoms with E-state index in [2.05, 4.69) is 14.8 Å². The van der Waals surface area contributed by atoms with Crippen molar-refractivity contribution in [2.75, 3.05) is 18.1 Å². The van der Waals surface area contributed by atoms with Gasteiger partial charge in [0.2, 0.25) is 0 Å². The number of hydrogen-bond donors (Lipinski definition) is 1. The van der Waals surface area contributed by atoms with Gasteiger partial charge in [0.05, 0.1) is 33.3 Å². The lowest BCUT2D eigenvalue weighted by Crippen LogP contribution is -2.49. The molecule has 3 fully saturated rings. The van der Waals surface area contributed by atoms with E-state index in [4.69, 9.17) is 0 Å². The maximum Gasteiger partial charge on any atom is 0.288 e. The molecule has 0 aromatic carbocycles. The van der Waals surface area contributed by atoms with E-state index >= 15 is 0 Å². The van der Waals surface area contributed by atoms with E-state index in [9.17, 15) is 9.00 Å². The van der Waals surface area contributed by atoms with E-state index in [1.165, 1.54) is 12.8 Å². The second kappa shape index (κ2) is 6.26. The van der Waals surface area contributed by atoms with Gasteiger partial charge in [0.1, 0.15) is 0 Å². The molecular weight excluding hydrogens is 324 g/mol. The number of carbonyl (C=O) groups excluding carboxylic acids is 1.